The molecule has 0 saturated carbocycles. The first kappa shape index (κ1) is 20.0. The number of carbonyl (C=O) groups is 1. The summed E-state index contributed by atoms with van der Waals surface area (Å²) in [7, 11) is 3.85. The van der Waals surface area contributed by atoms with Gasteiger partial charge in [-0.05, 0) is 30.5 Å². The van der Waals surface area contributed by atoms with Gasteiger partial charge in [0.05, 0.1) is 0 Å². The first-order valence-electron chi connectivity index (χ1n) is 8.83. The first-order valence-corrected chi connectivity index (χ1v) is 8.83. The molecule has 0 saturated heterocycles. The molecule has 1 atom stereocenters. The Hall–Kier alpha value is -2.04. The van der Waals surface area contributed by atoms with Gasteiger partial charge in [-0.1, -0.05) is 39.3 Å². The van der Waals surface area contributed by atoms with Crippen molar-refractivity contribution in [2.75, 3.05) is 26.0 Å². The minimum absolute atomic E-state index is 0.0258. The zero-order valence-electron chi connectivity index (χ0n) is 15.7. The molecular weight excluding hydrogens is 300 g/mol. The predicted molar refractivity (Wildman–Crippen MR) is 102 cm³/mol. The van der Waals surface area contributed by atoms with Crippen molar-refractivity contribution in [3.63, 3.8) is 0 Å². The molecule has 1 aromatic rings. The van der Waals surface area contributed by atoms with E-state index in [1.54, 1.807) is 7.05 Å². The van der Waals surface area contributed by atoms with E-state index in [1.807, 2.05) is 45.2 Å². The molecule has 1 rings (SSSR count). The van der Waals surface area contributed by atoms with E-state index in [0.717, 1.165) is 36.6 Å². The van der Waals surface area contributed by atoms with E-state index in [0.29, 0.717) is 6.54 Å². The van der Waals surface area contributed by atoms with Crippen LogP contribution in [0.2, 0.25) is 0 Å². The van der Waals surface area contributed by atoms with Crippen molar-refractivity contribution in [1.82, 2.24) is 10.2 Å². The van der Waals surface area contributed by atoms with Gasteiger partial charge >= 0.3 is 0 Å². The molecule has 0 heterocycles. The second-order valence-corrected chi connectivity index (χ2v) is 6.17. The zero-order chi connectivity index (χ0) is 17.9. The molecule has 0 aliphatic rings. The number of guanidine groups is 1. The van der Waals surface area contributed by atoms with E-state index in [9.17, 15) is 4.79 Å². The van der Waals surface area contributed by atoms with E-state index in [2.05, 4.69) is 27.4 Å². The van der Waals surface area contributed by atoms with Crippen molar-refractivity contribution in [3.05, 3.63) is 29.8 Å². The number of amides is 1. The van der Waals surface area contributed by atoms with E-state index in [-0.39, 0.29) is 11.8 Å². The average Bonchev–Trinajstić information content (AvgIpc) is 2.59. The second kappa shape index (κ2) is 10.7. The van der Waals surface area contributed by atoms with Crippen molar-refractivity contribution in [1.29, 1.82) is 0 Å². The highest BCUT2D eigenvalue weighted by atomic mass is 16.1. The number of nitrogens with zero attached hydrogens (tertiary/aromatic N) is 2. The number of aliphatic imine (C=N–C) groups is 1. The largest absolute Gasteiger partial charge is 0.352 e. The number of carbonyl (C=O) groups excluding carboxylic acids is 1. The molecule has 2 N–H and O–H groups in total. The summed E-state index contributed by atoms with van der Waals surface area (Å²) in [5, 5.41) is 6.35. The van der Waals surface area contributed by atoms with Crippen molar-refractivity contribution in [2.24, 2.45) is 10.9 Å². The van der Waals surface area contributed by atoms with Crippen LogP contribution in [-0.4, -0.2) is 37.4 Å². The van der Waals surface area contributed by atoms with Crippen LogP contribution in [0.25, 0.3) is 0 Å². The Bertz CT molecular complexity index is 542. The number of benzene rings is 1. The van der Waals surface area contributed by atoms with E-state index in [1.165, 1.54) is 6.42 Å². The summed E-state index contributed by atoms with van der Waals surface area (Å²) in [6.45, 7) is 7.81. The van der Waals surface area contributed by atoms with Gasteiger partial charge in [-0.25, -0.2) is 0 Å². The fraction of sp³-hybridized carbons (Fsp3) is 0.579. The van der Waals surface area contributed by atoms with Crippen LogP contribution in [0.5, 0.6) is 0 Å². The molecule has 0 aromatic heterocycles. The Morgan fingerprint density at radius 2 is 2.08 bits per heavy atom. The number of hydrogen-bond donors (Lipinski definition) is 2. The van der Waals surface area contributed by atoms with Crippen molar-refractivity contribution >= 4 is 17.6 Å². The summed E-state index contributed by atoms with van der Waals surface area (Å²) in [6.07, 6.45) is 3.15. The molecule has 24 heavy (non-hydrogen) atoms. The third-order valence-electron chi connectivity index (χ3n) is 4.13. The zero-order valence-corrected chi connectivity index (χ0v) is 15.7. The number of unbranched alkanes of at least 4 members (excludes halogenated alkanes) is 1. The maximum atomic E-state index is 12.0. The van der Waals surface area contributed by atoms with Gasteiger partial charge in [0, 0.05) is 38.8 Å². The Labute approximate surface area is 146 Å². The van der Waals surface area contributed by atoms with Gasteiger partial charge in [-0.2, -0.15) is 0 Å². The number of nitrogens with one attached hydrogen (secondary N) is 2. The Kier molecular flexibility index (Phi) is 8.90. The average molecular weight is 332 g/mol. The third kappa shape index (κ3) is 6.60. The van der Waals surface area contributed by atoms with Crippen LogP contribution >= 0.6 is 0 Å². The third-order valence-corrected chi connectivity index (χ3v) is 4.13. The highest BCUT2D eigenvalue weighted by Crippen LogP contribution is 2.13. The normalized spacial score (nSPS) is 12.6. The Balaban J connectivity index is 2.62. The maximum Gasteiger partial charge on any atom is 0.227 e. The van der Waals surface area contributed by atoms with Crippen molar-refractivity contribution in [3.8, 4) is 0 Å². The lowest BCUT2D eigenvalue weighted by Crippen LogP contribution is -2.38. The maximum absolute atomic E-state index is 12.0. The molecule has 134 valence electrons. The van der Waals surface area contributed by atoms with E-state index >= 15 is 0 Å². The van der Waals surface area contributed by atoms with Gasteiger partial charge in [0.15, 0.2) is 5.96 Å². The lowest BCUT2D eigenvalue weighted by Gasteiger charge is -2.22. The van der Waals surface area contributed by atoms with E-state index < -0.39 is 0 Å². The standard InChI is InChI=1S/C19H32N4O/c1-6-8-12-23(5)19(20-4)21-14-16-10-9-11-17(13-16)22-18(24)15(3)7-2/h9-11,13,15H,6-8,12,14H2,1-5H3,(H,20,21)(H,22,24). The SMILES string of the molecule is CCCCN(C)C(=NC)NCc1cccc(NC(=O)C(C)CC)c1. The van der Waals surface area contributed by atoms with Crippen LogP contribution in [0.4, 0.5) is 5.69 Å². The molecule has 0 fully saturated rings. The lowest BCUT2D eigenvalue weighted by atomic mass is 10.1. The molecule has 1 aromatic carbocycles. The molecule has 5 nitrogen and oxygen atoms in total. The Morgan fingerprint density at radius 1 is 1.33 bits per heavy atom. The Morgan fingerprint density at radius 3 is 2.71 bits per heavy atom. The lowest BCUT2D eigenvalue weighted by molar-refractivity contribution is -0.119. The molecule has 0 radical (unpaired) electrons. The van der Waals surface area contributed by atoms with Crippen LogP contribution in [0.15, 0.2) is 29.3 Å². The molecule has 5 heteroatoms. The summed E-state index contributed by atoms with van der Waals surface area (Å²) < 4.78 is 0. The predicted octanol–water partition coefficient (Wildman–Crippen LogP) is 3.48. The minimum atomic E-state index is 0.0258. The van der Waals surface area contributed by atoms with Crippen LogP contribution in [0.1, 0.15) is 45.6 Å². The van der Waals surface area contributed by atoms with Crippen molar-refractivity contribution < 1.29 is 4.79 Å². The second-order valence-electron chi connectivity index (χ2n) is 6.17. The summed E-state index contributed by atoms with van der Waals surface area (Å²) in [6, 6.07) is 7.94. The van der Waals surface area contributed by atoms with E-state index in [4.69, 9.17) is 0 Å². The highest BCUT2D eigenvalue weighted by Gasteiger charge is 2.11. The molecule has 1 amide bonds. The topological polar surface area (TPSA) is 56.7 Å². The molecule has 0 bridgehead atoms. The number of rotatable bonds is 8. The van der Waals surface area contributed by atoms with Gasteiger partial charge in [0.25, 0.3) is 0 Å². The summed E-state index contributed by atoms with van der Waals surface area (Å²) in [5.74, 6) is 0.980. The van der Waals surface area contributed by atoms with Crippen LogP contribution < -0.4 is 10.6 Å². The minimum Gasteiger partial charge on any atom is -0.352 e. The quantitative estimate of drug-likeness (QED) is 0.566. The van der Waals surface area contributed by atoms with Gasteiger partial charge in [0.2, 0.25) is 5.91 Å². The monoisotopic (exact) mass is 332 g/mol. The number of hydrogen-bond acceptors (Lipinski definition) is 2. The summed E-state index contributed by atoms with van der Waals surface area (Å²) >= 11 is 0. The van der Waals surface area contributed by atoms with Gasteiger partial charge < -0.3 is 15.5 Å². The fourth-order valence-corrected chi connectivity index (χ4v) is 2.28. The van der Waals surface area contributed by atoms with Gasteiger partial charge in [0.1, 0.15) is 0 Å². The molecule has 1 unspecified atom stereocenters. The summed E-state index contributed by atoms with van der Waals surface area (Å²) in [4.78, 5) is 18.5. The van der Waals surface area contributed by atoms with Gasteiger partial charge in [-0.15, -0.1) is 0 Å². The molecule has 0 spiro atoms. The van der Waals surface area contributed by atoms with Crippen LogP contribution in [0, 0.1) is 5.92 Å². The smallest absolute Gasteiger partial charge is 0.227 e. The fourth-order valence-electron chi connectivity index (χ4n) is 2.28. The highest BCUT2D eigenvalue weighted by molar-refractivity contribution is 5.92. The molecule has 0 aliphatic heterocycles. The van der Waals surface area contributed by atoms with Crippen molar-refractivity contribution in [2.45, 2.75) is 46.6 Å². The van der Waals surface area contributed by atoms with Crippen LogP contribution in [0.3, 0.4) is 0 Å². The van der Waals surface area contributed by atoms with Gasteiger partial charge in [-0.3, -0.25) is 9.79 Å². The van der Waals surface area contributed by atoms with Crippen LogP contribution in [-0.2, 0) is 11.3 Å². The molecule has 0 aliphatic carbocycles. The molecular formula is C19H32N4O. The first-order chi connectivity index (χ1) is 11.5. The summed E-state index contributed by atoms with van der Waals surface area (Å²) in [5.41, 5.74) is 1.95. The number of anilines is 1.